The van der Waals surface area contributed by atoms with Crippen LogP contribution in [0.5, 0.6) is 0 Å². The number of hydrogen-bond acceptors (Lipinski definition) is 4. The first-order valence-corrected chi connectivity index (χ1v) is 8.19. The van der Waals surface area contributed by atoms with Crippen LogP contribution in [-0.2, 0) is 4.74 Å². The molecule has 1 spiro atoms. The Bertz CT molecular complexity index is 508. The molecule has 0 aromatic carbocycles. The van der Waals surface area contributed by atoms with Gasteiger partial charge in [-0.3, -0.25) is 14.7 Å². The Morgan fingerprint density at radius 3 is 2.86 bits per heavy atom. The van der Waals surface area contributed by atoms with E-state index in [0.717, 1.165) is 39.2 Å². The van der Waals surface area contributed by atoms with Crippen LogP contribution in [0.2, 0.25) is 0 Å². The van der Waals surface area contributed by atoms with Gasteiger partial charge in [-0.25, -0.2) is 0 Å². The van der Waals surface area contributed by atoms with Gasteiger partial charge in [0.2, 0.25) is 0 Å². The van der Waals surface area contributed by atoms with Crippen LogP contribution in [0, 0.1) is 0 Å². The zero-order valence-corrected chi connectivity index (χ0v) is 13.3. The molecule has 2 aliphatic rings. The number of nitrogens with zero attached hydrogens (tertiary/aromatic N) is 3. The molecule has 1 aromatic heterocycles. The molecule has 1 amide bonds. The molecule has 0 aliphatic carbocycles. The molecule has 2 aliphatic heterocycles. The van der Waals surface area contributed by atoms with Crippen LogP contribution in [0.25, 0.3) is 0 Å². The fourth-order valence-corrected chi connectivity index (χ4v) is 3.94. The molecule has 3 heterocycles. The van der Waals surface area contributed by atoms with Crippen molar-refractivity contribution in [2.24, 2.45) is 0 Å². The second-order valence-corrected chi connectivity index (χ2v) is 6.35. The topological polar surface area (TPSA) is 45.7 Å². The molecule has 0 bridgehead atoms. The first kappa shape index (κ1) is 15.4. The fourth-order valence-electron chi connectivity index (χ4n) is 3.94. The van der Waals surface area contributed by atoms with Gasteiger partial charge in [-0.1, -0.05) is 6.07 Å². The quantitative estimate of drug-likeness (QED) is 0.851. The number of likely N-dealkylation sites (tertiary alicyclic amines) is 2. The van der Waals surface area contributed by atoms with Gasteiger partial charge < -0.3 is 9.64 Å². The Labute approximate surface area is 132 Å². The lowest BCUT2D eigenvalue weighted by atomic mass is 9.86. The van der Waals surface area contributed by atoms with Crippen LogP contribution in [0.1, 0.15) is 36.2 Å². The Balaban J connectivity index is 1.72. The summed E-state index contributed by atoms with van der Waals surface area (Å²) in [6, 6.07) is 5.53. The van der Waals surface area contributed by atoms with Crippen LogP contribution in [0.4, 0.5) is 0 Å². The van der Waals surface area contributed by atoms with Gasteiger partial charge in [-0.05, 0) is 44.4 Å². The van der Waals surface area contributed by atoms with Gasteiger partial charge in [0.1, 0.15) is 5.69 Å². The number of carbonyl (C=O) groups is 1. The van der Waals surface area contributed by atoms with Crippen molar-refractivity contribution < 1.29 is 9.53 Å². The minimum absolute atomic E-state index is 0.0678. The molecule has 22 heavy (non-hydrogen) atoms. The third-order valence-electron chi connectivity index (χ3n) is 5.03. The minimum Gasteiger partial charge on any atom is -0.383 e. The SMILES string of the molecule is COCCN1CCC[C@@]12CCCN(C(=O)c1ccccn1)C2. The second kappa shape index (κ2) is 6.75. The first-order chi connectivity index (χ1) is 10.7. The molecular formula is C17H25N3O2. The zero-order chi connectivity index (χ0) is 15.4. The summed E-state index contributed by atoms with van der Waals surface area (Å²) in [5.41, 5.74) is 0.710. The summed E-state index contributed by atoms with van der Waals surface area (Å²) in [7, 11) is 1.75. The highest BCUT2D eigenvalue weighted by molar-refractivity contribution is 5.92. The third-order valence-corrected chi connectivity index (χ3v) is 5.03. The van der Waals surface area contributed by atoms with Gasteiger partial charge >= 0.3 is 0 Å². The lowest BCUT2D eigenvalue weighted by molar-refractivity contribution is 0.0227. The number of ether oxygens (including phenoxy) is 1. The molecule has 120 valence electrons. The van der Waals surface area contributed by atoms with Gasteiger partial charge in [0, 0.05) is 38.5 Å². The van der Waals surface area contributed by atoms with Crippen LogP contribution < -0.4 is 0 Å². The maximum atomic E-state index is 12.7. The maximum Gasteiger partial charge on any atom is 0.272 e. The molecule has 5 nitrogen and oxygen atoms in total. The van der Waals surface area contributed by atoms with E-state index >= 15 is 0 Å². The van der Waals surface area contributed by atoms with E-state index in [9.17, 15) is 4.79 Å². The van der Waals surface area contributed by atoms with Gasteiger partial charge in [0.25, 0.3) is 5.91 Å². The van der Waals surface area contributed by atoms with E-state index in [0.29, 0.717) is 5.69 Å². The average Bonchev–Trinajstić information content (AvgIpc) is 2.94. The molecule has 0 unspecified atom stereocenters. The van der Waals surface area contributed by atoms with Crippen molar-refractivity contribution in [1.29, 1.82) is 0 Å². The Morgan fingerprint density at radius 2 is 2.14 bits per heavy atom. The van der Waals surface area contributed by atoms with E-state index in [-0.39, 0.29) is 11.4 Å². The van der Waals surface area contributed by atoms with Crippen molar-refractivity contribution in [1.82, 2.24) is 14.8 Å². The molecule has 3 rings (SSSR count). The van der Waals surface area contributed by atoms with Crippen molar-refractivity contribution in [2.45, 2.75) is 31.2 Å². The fraction of sp³-hybridized carbons (Fsp3) is 0.647. The minimum atomic E-state index is 0.0678. The summed E-state index contributed by atoms with van der Waals surface area (Å²) in [5, 5.41) is 0. The largest absolute Gasteiger partial charge is 0.383 e. The lowest BCUT2D eigenvalue weighted by Gasteiger charge is -2.46. The number of amides is 1. The highest BCUT2D eigenvalue weighted by atomic mass is 16.5. The molecule has 0 N–H and O–H groups in total. The Hall–Kier alpha value is -1.46. The van der Waals surface area contributed by atoms with Gasteiger partial charge in [0.05, 0.1) is 6.61 Å². The maximum absolute atomic E-state index is 12.7. The van der Waals surface area contributed by atoms with E-state index in [4.69, 9.17) is 4.74 Å². The third kappa shape index (κ3) is 3.01. The number of piperidine rings is 1. The van der Waals surface area contributed by atoms with Crippen molar-refractivity contribution >= 4 is 5.91 Å². The molecule has 0 radical (unpaired) electrons. The molecule has 5 heteroatoms. The van der Waals surface area contributed by atoms with Crippen LogP contribution >= 0.6 is 0 Å². The molecular weight excluding hydrogens is 278 g/mol. The molecule has 0 saturated carbocycles. The van der Waals surface area contributed by atoms with Gasteiger partial charge in [0.15, 0.2) is 0 Å². The Kier molecular flexibility index (Phi) is 4.74. The van der Waals surface area contributed by atoms with Crippen molar-refractivity contribution in [3.05, 3.63) is 30.1 Å². The smallest absolute Gasteiger partial charge is 0.272 e. The van der Waals surface area contributed by atoms with E-state index < -0.39 is 0 Å². The number of rotatable bonds is 4. The predicted octanol–water partition coefficient (Wildman–Crippen LogP) is 1.80. The van der Waals surface area contributed by atoms with Gasteiger partial charge in [-0.15, -0.1) is 0 Å². The monoisotopic (exact) mass is 303 g/mol. The number of carbonyl (C=O) groups excluding carboxylic acids is 1. The van der Waals surface area contributed by atoms with Crippen LogP contribution in [0.3, 0.4) is 0 Å². The Morgan fingerprint density at radius 1 is 1.32 bits per heavy atom. The summed E-state index contributed by atoms with van der Waals surface area (Å²) < 4.78 is 5.25. The van der Waals surface area contributed by atoms with E-state index in [2.05, 4.69) is 9.88 Å². The molecule has 1 aromatic rings. The summed E-state index contributed by atoms with van der Waals surface area (Å²) >= 11 is 0. The summed E-state index contributed by atoms with van der Waals surface area (Å²) in [6.07, 6.45) is 6.34. The normalized spacial score (nSPS) is 25.8. The summed E-state index contributed by atoms with van der Waals surface area (Å²) in [6.45, 7) is 4.51. The lowest BCUT2D eigenvalue weighted by Crippen LogP contribution is -2.57. The summed E-state index contributed by atoms with van der Waals surface area (Å²) in [5.74, 6) is 0.0678. The first-order valence-electron chi connectivity index (χ1n) is 8.19. The molecule has 2 fully saturated rings. The number of methoxy groups -OCH3 is 1. The highest BCUT2D eigenvalue weighted by Gasteiger charge is 2.44. The molecule has 1 atom stereocenters. The van der Waals surface area contributed by atoms with Crippen LogP contribution in [-0.4, -0.2) is 66.1 Å². The zero-order valence-electron chi connectivity index (χ0n) is 13.3. The molecule has 2 saturated heterocycles. The number of aromatic nitrogens is 1. The second-order valence-electron chi connectivity index (χ2n) is 6.35. The average molecular weight is 303 g/mol. The van der Waals surface area contributed by atoms with Crippen molar-refractivity contribution in [3.63, 3.8) is 0 Å². The number of hydrogen-bond donors (Lipinski definition) is 0. The van der Waals surface area contributed by atoms with Gasteiger partial charge in [-0.2, -0.15) is 0 Å². The highest BCUT2D eigenvalue weighted by Crippen LogP contribution is 2.37. The van der Waals surface area contributed by atoms with E-state index in [1.165, 1.54) is 19.3 Å². The van der Waals surface area contributed by atoms with E-state index in [1.54, 1.807) is 19.4 Å². The number of pyridine rings is 1. The van der Waals surface area contributed by atoms with Crippen molar-refractivity contribution in [3.8, 4) is 0 Å². The summed E-state index contributed by atoms with van der Waals surface area (Å²) in [4.78, 5) is 21.4. The van der Waals surface area contributed by atoms with E-state index in [1.807, 2.05) is 17.0 Å². The predicted molar refractivity (Wildman–Crippen MR) is 84.8 cm³/mol. The standard InChI is InChI=1S/C17H25N3O2/c1-22-13-12-20-11-5-8-17(20)7-4-10-19(14-17)16(21)15-6-2-3-9-18-15/h2-3,6,9H,4-5,7-8,10-14H2,1H3/t17-/m1/s1. The van der Waals surface area contributed by atoms with Crippen molar-refractivity contribution in [2.75, 3.05) is 39.9 Å². The van der Waals surface area contributed by atoms with Crippen LogP contribution in [0.15, 0.2) is 24.4 Å².